The number of carbonyl (C=O) groups excluding carboxylic acids is 1. The van der Waals surface area contributed by atoms with Crippen LogP contribution in [0.25, 0.3) is 0 Å². The van der Waals surface area contributed by atoms with Gasteiger partial charge in [-0.15, -0.1) is 0 Å². The number of rotatable bonds is 4. The smallest absolute Gasteiger partial charge is 0.220 e. The molecule has 1 aliphatic heterocycles. The van der Waals surface area contributed by atoms with E-state index in [9.17, 15) is 4.79 Å². The highest BCUT2D eigenvalue weighted by Gasteiger charge is 2.16. The molecule has 0 radical (unpaired) electrons. The third kappa shape index (κ3) is 3.89. The Morgan fingerprint density at radius 1 is 1.65 bits per heavy atom. The van der Waals surface area contributed by atoms with E-state index in [1.165, 1.54) is 12.8 Å². The maximum atomic E-state index is 11.7. The Labute approximate surface area is 102 Å². The Kier molecular flexibility index (Phi) is 4.20. The second-order valence-corrected chi connectivity index (χ2v) is 4.88. The first-order chi connectivity index (χ1) is 8.24. The van der Waals surface area contributed by atoms with Crippen LogP contribution in [0, 0.1) is 5.92 Å². The summed E-state index contributed by atoms with van der Waals surface area (Å²) in [5.41, 5.74) is 1.16. The highest BCUT2D eigenvalue weighted by atomic mass is 16.1. The van der Waals surface area contributed by atoms with Crippen molar-refractivity contribution in [2.24, 2.45) is 13.0 Å². The summed E-state index contributed by atoms with van der Waals surface area (Å²) < 4.78 is 1.99. The first-order valence-electron chi connectivity index (χ1n) is 6.32. The van der Waals surface area contributed by atoms with Gasteiger partial charge in [-0.1, -0.05) is 0 Å². The molecule has 0 bridgehead atoms. The molecule has 0 aliphatic carbocycles. The lowest BCUT2D eigenvalue weighted by Crippen LogP contribution is -2.34. The molecule has 1 aromatic heterocycles. The number of aryl methyl sites for hydroxylation is 1. The zero-order valence-electron chi connectivity index (χ0n) is 10.4. The fraction of sp³-hybridized carbons (Fsp3) is 0.615. The zero-order chi connectivity index (χ0) is 12.1. The zero-order valence-corrected chi connectivity index (χ0v) is 10.4. The molecule has 0 spiro atoms. The van der Waals surface area contributed by atoms with Gasteiger partial charge in [-0.2, -0.15) is 0 Å². The highest BCUT2D eigenvalue weighted by Crippen LogP contribution is 2.13. The molecule has 1 aliphatic rings. The van der Waals surface area contributed by atoms with Gasteiger partial charge < -0.3 is 15.2 Å². The molecule has 1 atom stereocenters. The van der Waals surface area contributed by atoms with Gasteiger partial charge in [0.1, 0.15) is 0 Å². The monoisotopic (exact) mass is 235 g/mol. The number of hydrogen-bond acceptors (Lipinski definition) is 2. The second kappa shape index (κ2) is 5.87. The second-order valence-electron chi connectivity index (χ2n) is 4.88. The molecule has 4 nitrogen and oxygen atoms in total. The van der Waals surface area contributed by atoms with E-state index in [0.717, 1.165) is 18.7 Å². The van der Waals surface area contributed by atoms with Gasteiger partial charge in [-0.05, 0) is 43.5 Å². The minimum absolute atomic E-state index is 0.169. The van der Waals surface area contributed by atoms with E-state index >= 15 is 0 Å². The Balaban J connectivity index is 1.70. The van der Waals surface area contributed by atoms with Crippen molar-refractivity contribution in [3.05, 3.63) is 24.0 Å². The fourth-order valence-corrected chi connectivity index (χ4v) is 2.30. The van der Waals surface area contributed by atoms with Crippen LogP contribution in [-0.4, -0.2) is 23.6 Å². The topological polar surface area (TPSA) is 46.1 Å². The maximum Gasteiger partial charge on any atom is 0.220 e. The van der Waals surface area contributed by atoms with Crippen LogP contribution in [0.1, 0.15) is 24.8 Å². The third-order valence-corrected chi connectivity index (χ3v) is 3.26. The van der Waals surface area contributed by atoms with E-state index < -0.39 is 0 Å². The predicted octanol–water partition coefficient (Wildman–Crippen LogP) is 1.03. The van der Waals surface area contributed by atoms with E-state index in [4.69, 9.17) is 0 Å². The number of aromatic nitrogens is 1. The van der Waals surface area contributed by atoms with Crippen molar-refractivity contribution in [3.63, 3.8) is 0 Å². The summed E-state index contributed by atoms with van der Waals surface area (Å²) in [5, 5.41) is 6.31. The van der Waals surface area contributed by atoms with Gasteiger partial charge in [-0.25, -0.2) is 0 Å². The molecule has 2 N–H and O–H groups in total. The number of hydrogen-bond donors (Lipinski definition) is 2. The summed E-state index contributed by atoms with van der Waals surface area (Å²) in [5.74, 6) is 0.682. The first kappa shape index (κ1) is 12.2. The molecule has 1 unspecified atom stereocenters. The van der Waals surface area contributed by atoms with Crippen LogP contribution >= 0.6 is 0 Å². The highest BCUT2D eigenvalue weighted by molar-refractivity contribution is 5.76. The average molecular weight is 235 g/mol. The summed E-state index contributed by atoms with van der Waals surface area (Å²) in [7, 11) is 1.99. The number of carbonyl (C=O) groups is 1. The van der Waals surface area contributed by atoms with Gasteiger partial charge in [-0.3, -0.25) is 4.79 Å². The molecule has 2 heterocycles. The van der Waals surface area contributed by atoms with Gasteiger partial charge in [0.25, 0.3) is 0 Å². The number of amides is 1. The Hall–Kier alpha value is -1.29. The van der Waals surface area contributed by atoms with E-state index in [2.05, 4.69) is 10.6 Å². The SMILES string of the molecule is Cn1ccc(CNC(=O)CC2CCCNC2)c1. The number of nitrogens with one attached hydrogen (secondary N) is 2. The summed E-state index contributed by atoms with van der Waals surface area (Å²) in [6.45, 7) is 2.72. The summed E-state index contributed by atoms with van der Waals surface area (Å²) >= 11 is 0. The van der Waals surface area contributed by atoms with Crippen LogP contribution in [0.5, 0.6) is 0 Å². The number of piperidine rings is 1. The number of nitrogens with zero attached hydrogens (tertiary/aromatic N) is 1. The lowest BCUT2D eigenvalue weighted by Gasteiger charge is -2.21. The quantitative estimate of drug-likeness (QED) is 0.819. The molecule has 1 saturated heterocycles. The van der Waals surface area contributed by atoms with Crippen molar-refractivity contribution in [2.75, 3.05) is 13.1 Å². The molecule has 1 aromatic rings. The summed E-state index contributed by atoms with van der Waals surface area (Å²) in [6.07, 6.45) is 7.04. The van der Waals surface area contributed by atoms with Crippen molar-refractivity contribution >= 4 is 5.91 Å². The molecule has 1 amide bonds. The van der Waals surface area contributed by atoms with Gasteiger partial charge in [0.15, 0.2) is 0 Å². The fourth-order valence-electron chi connectivity index (χ4n) is 2.30. The van der Waals surface area contributed by atoms with Crippen molar-refractivity contribution in [2.45, 2.75) is 25.8 Å². The van der Waals surface area contributed by atoms with E-state index in [1.807, 2.05) is 30.1 Å². The van der Waals surface area contributed by atoms with E-state index in [-0.39, 0.29) is 5.91 Å². The molecule has 2 rings (SSSR count). The van der Waals surface area contributed by atoms with Crippen LogP contribution in [0.3, 0.4) is 0 Å². The maximum absolute atomic E-state index is 11.7. The van der Waals surface area contributed by atoms with Gasteiger partial charge in [0.05, 0.1) is 0 Å². The van der Waals surface area contributed by atoms with Gasteiger partial charge in [0.2, 0.25) is 5.91 Å². The lowest BCUT2D eigenvalue weighted by atomic mass is 9.96. The predicted molar refractivity (Wildman–Crippen MR) is 67.5 cm³/mol. The van der Waals surface area contributed by atoms with Crippen LogP contribution in [-0.2, 0) is 18.4 Å². The normalized spacial score (nSPS) is 20.2. The lowest BCUT2D eigenvalue weighted by molar-refractivity contribution is -0.122. The van der Waals surface area contributed by atoms with Crippen molar-refractivity contribution in [3.8, 4) is 0 Å². The average Bonchev–Trinajstić information content (AvgIpc) is 2.74. The van der Waals surface area contributed by atoms with Gasteiger partial charge in [0, 0.05) is 32.4 Å². The molecule has 1 fully saturated rings. The summed E-state index contributed by atoms with van der Waals surface area (Å²) in [6, 6.07) is 2.03. The van der Waals surface area contributed by atoms with Crippen molar-refractivity contribution in [1.82, 2.24) is 15.2 Å². The first-order valence-corrected chi connectivity index (χ1v) is 6.32. The molecular weight excluding hydrogens is 214 g/mol. The minimum atomic E-state index is 0.169. The van der Waals surface area contributed by atoms with E-state index in [1.54, 1.807) is 0 Å². The molecule has 0 saturated carbocycles. The summed E-state index contributed by atoms with van der Waals surface area (Å²) in [4.78, 5) is 11.7. The Morgan fingerprint density at radius 2 is 2.53 bits per heavy atom. The van der Waals surface area contributed by atoms with Crippen molar-refractivity contribution in [1.29, 1.82) is 0 Å². The Bertz CT molecular complexity index is 366. The van der Waals surface area contributed by atoms with Crippen LogP contribution in [0.2, 0.25) is 0 Å². The molecule has 17 heavy (non-hydrogen) atoms. The third-order valence-electron chi connectivity index (χ3n) is 3.26. The van der Waals surface area contributed by atoms with Crippen LogP contribution < -0.4 is 10.6 Å². The molecule has 4 heteroatoms. The molecule has 94 valence electrons. The van der Waals surface area contributed by atoms with E-state index in [0.29, 0.717) is 18.9 Å². The van der Waals surface area contributed by atoms with Crippen molar-refractivity contribution < 1.29 is 4.79 Å². The molecule has 0 aromatic carbocycles. The van der Waals surface area contributed by atoms with Crippen LogP contribution in [0.15, 0.2) is 18.5 Å². The molecular formula is C13H21N3O. The Morgan fingerprint density at radius 3 is 3.18 bits per heavy atom. The standard InChI is InChI=1S/C13H21N3O/c1-16-6-4-12(10-16)9-15-13(17)7-11-3-2-5-14-8-11/h4,6,10-11,14H,2-3,5,7-9H2,1H3,(H,15,17). The largest absolute Gasteiger partial charge is 0.357 e. The van der Waals surface area contributed by atoms with Gasteiger partial charge >= 0.3 is 0 Å². The van der Waals surface area contributed by atoms with Crippen LogP contribution in [0.4, 0.5) is 0 Å². The minimum Gasteiger partial charge on any atom is -0.357 e.